The van der Waals surface area contributed by atoms with Crippen molar-refractivity contribution in [3.8, 4) is 0 Å². The molecule has 112 valence electrons. The molecule has 0 aromatic heterocycles. The van der Waals surface area contributed by atoms with Crippen LogP contribution in [0.2, 0.25) is 5.02 Å². The molecule has 1 saturated heterocycles. The largest absolute Gasteiger partial charge is 0.272 e. The minimum absolute atomic E-state index is 0.119. The highest BCUT2D eigenvalue weighted by Crippen LogP contribution is 2.52. The molecule has 2 fully saturated rings. The molecule has 1 heterocycles. The second kappa shape index (κ2) is 4.68. The number of hydrogen-bond acceptors (Lipinski definition) is 3. The van der Waals surface area contributed by atoms with Crippen LogP contribution in [-0.2, 0) is 9.59 Å². The number of carbonyl (C=O) groups excluding carboxylic acids is 3. The van der Waals surface area contributed by atoms with Crippen LogP contribution in [0.25, 0.3) is 0 Å². The zero-order valence-electron chi connectivity index (χ0n) is 11.5. The van der Waals surface area contributed by atoms with Crippen molar-refractivity contribution < 1.29 is 14.4 Å². The first kappa shape index (κ1) is 13.5. The van der Waals surface area contributed by atoms with Crippen LogP contribution in [0.3, 0.4) is 0 Å². The smallest absolute Gasteiger partial charge is 0.271 e. The average Bonchev–Trinajstić information content (AvgIpc) is 3.17. The topological polar surface area (TPSA) is 66.5 Å². The summed E-state index contributed by atoms with van der Waals surface area (Å²) < 4.78 is 0. The maximum atomic E-state index is 12.5. The maximum Gasteiger partial charge on any atom is 0.271 e. The number of rotatable bonds is 2. The van der Waals surface area contributed by atoms with Crippen molar-refractivity contribution in [2.45, 2.75) is 6.42 Å². The summed E-state index contributed by atoms with van der Waals surface area (Å²) in [6.45, 7) is 0. The van der Waals surface area contributed by atoms with Crippen LogP contribution in [0.4, 0.5) is 0 Å². The Balaban J connectivity index is 1.58. The van der Waals surface area contributed by atoms with E-state index in [1.54, 1.807) is 24.3 Å². The number of hydrogen-bond donors (Lipinski definition) is 1. The molecule has 0 radical (unpaired) electrons. The van der Waals surface area contributed by atoms with Gasteiger partial charge in [0.1, 0.15) is 0 Å². The van der Waals surface area contributed by atoms with Crippen LogP contribution in [-0.4, -0.2) is 22.7 Å². The molecule has 3 amide bonds. The summed E-state index contributed by atoms with van der Waals surface area (Å²) in [5, 5.41) is 1.16. The van der Waals surface area contributed by atoms with E-state index in [0.717, 1.165) is 11.4 Å². The fraction of sp³-hybridized carbons (Fsp3) is 0.312. The molecule has 6 heteroatoms. The fourth-order valence-corrected chi connectivity index (χ4v) is 4.04. The van der Waals surface area contributed by atoms with E-state index in [1.807, 2.05) is 12.2 Å². The SMILES string of the molecule is O=C(NN1C(=O)[C@@H]2[C@H](C1=O)[C@H]1C=C[C@H]2C1)c1ccccc1Cl. The Kier molecular flexibility index (Phi) is 2.87. The summed E-state index contributed by atoms with van der Waals surface area (Å²) in [6.07, 6.45) is 4.88. The molecule has 2 bridgehead atoms. The lowest BCUT2D eigenvalue weighted by molar-refractivity contribution is -0.143. The lowest BCUT2D eigenvalue weighted by Gasteiger charge is -2.18. The van der Waals surface area contributed by atoms with E-state index in [9.17, 15) is 14.4 Å². The summed E-state index contributed by atoms with van der Waals surface area (Å²) in [5.74, 6) is -1.59. The van der Waals surface area contributed by atoms with Gasteiger partial charge in [-0.3, -0.25) is 19.8 Å². The summed E-state index contributed by atoms with van der Waals surface area (Å²) in [7, 11) is 0. The Hall–Kier alpha value is -2.14. The number of carbonyl (C=O) groups is 3. The molecule has 22 heavy (non-hydrogen) atoms. The predicted molar refractivity (Wildman–Crippen MR) is 78.5 cm³/mol. The van der Waals surface area contributed by atoms with Gasteiger partial charge in [-0.1, -0.05) is 35.9 Å². The van der Waals surface area contributed by atoms with Crippen molar-refractivity contribution in [2.75, 3.05) is 0 Å². The van der Waals surface area contributed by atoms with E-state index in [2.05, 4.69) is 5.43 Å². The molecule has 4 atom stereocenters. The molecule has 0 unspecified atom stereocenters. The van der Waals surface area contributed by atoms with Gasteiger partial charge in [0.2, 0.25) is 0 Å². The van der Waals surface area contributed by atoms with Crippen LogP contribution in [0, 0.1) is 23.7 Å². The summed E-state index contributed by atoms with van der Waals surface area (Å²) in [4.78, 5) is 37.2. The van der Waals surface area contributed by atoms with Gasteiger partial charge < -0.3 is 0 Å². The van der Waals surface area contributed by atoms with Gasteiger partial charge in [-0.2, -0.15) is 5.01 Å². The molecule has 2 aliphatic carbocycles. The van der Waals surface area contributed by atoms with Crippen LogP contribution in [0.1, 0.15) is 16.8 Å². The normalized spacial score (nSPS) is 31.8. The van der Waals surface area contributed by atoms with Crippen molar-refractivity contribution in [1.82, 2.24) is 10.4 Å². The molecule has 1 aromatic rings. The first-order valence-electron chi connectivity index (χ1n) is 7.19. The van der Waals surface area contributed by atoms with Crippen LogP contribution < -0.4 is 5.43 Å². The Bertz CT molecular complexity index is 700. The second-order valence-corrected chi connectivity index (χ2v) is 6.34. The van der Waals surface area contributed by atoms with E-state index in [0.29, 0.717) is 0 Å². The van der Waals surface area contributed by atoms with Gasteiger partial charge in [-0.15, -0.1) is 0 Å². The Morgan fingerprint density at radius 3 is 2.27 bits per heavy atom. The second-order valence-electron chi connectivity index (χ2n) is 5.93. The molecule has 1 N–H and O–H groups in total. The molecular weight excluding hydrogens is 304 g/mol. The monoisotopic (exact) mass is 316 g/mol. The molecule has 1 saturated carbocycles. The van der Waals surface area contributed by atoms with Gasteiger partial charge in [0.15, 0.2) is 0 Å². The van der Waals surface area contributed by atoms with Gasteiger partial charge in [0, 0.05) is 0 Å². The van der Waals surface area contributed by atoms with Crippen molar-refractivity contribution in [1.29, 1.82) is 0 Å². The molecular formula is C16H13ClN2O3. The zero-order chi connectivity index (χ0) is 15.4. The Morgan fingerprint density at radius 2 is 1.68 bits per heavy atom. The highest BCUT2D eigenvalue weighted by Gasteiger charge is 2.59. The average molecular weight is 317 g/mol. The lowest BCUT2D eigenvalue weighted by atomic mass is 9.85. The third kappa shape index (κ3) is 1.75. The van der Waals surface area contributed by atoms with Gasteiger partial charge >= 0.3 is 0 Å². The van der Waals surface area contributed by atoms with Crippen LogP contribution in [0.5, 0.6) is 0 Å². The van der Waals surface area contributed by atoms with Gasteiger partial charge in [-0.05, 0) is 30.4 Å². The number of halogens is 1. The highest BCUT2D eigenvalue weighted by molar-refractivity contribution is 6.33. The fourth-order valence-electron chi connectivity index (χ4n) is 3.82. The zero-order valence-corrected chi connectivity index (χ0v) is 12.3. The standard InChI is InChI=1S/C16H13ClN2O3/c17-11-4-2-1-3-10(11)14(20)18-19-15(21)12-8-5-6-9(7-8)13(12)16(19)22/h1-6,8-9,12-13H,7H2,(H,18,20)/t8-,9-,12-,13+/m0/s1. The third-order valence-electron chi connectivity index (χ3n) is 4.80. The number of nitrogens with zero attached hydrogens (tertiary/aromatic N) is 1. The molecule has 1 aliphatic heterocycles. The minimum Gasteiger partial charge on any atom is -0.272 e. The van der Waals surface area contributed by atoms with E-state index in [4.69, 9.17) is 11.6 Å². The van der Waals surface area contributed by atoms with E-state index in [-0.39, 0.29) is 46.1 Å². The quantitative estimate of drug-likeness (QED) is 0.668. The molecule has 0 spiro atoms. The summed E-state index contributed by atoms with van der Waals surface area (Å²) >= 11 is 5.97. The van der Waals surface area contributed by atoms with Crippen molar-refractivity contribution in [3.63, 3.8) is 0 Å². The summed E-state index contributed by atoms with van der Waals surface area (Å²) in [6, 6.07) is 6.52. The number of fused-ring (bicyclic) bond motifs is 5. The molecule has 4 rings (SSSR count). The number of imide groups is 1. The van der Waals surface area contributed by atoms with Crippen LogP contribution >= 0.6 is 11.6 Å². The van der Waals surface area contributed by atoms with Gasteiger partial charge in [-0.25, -0.2) is 0 Å². The number of allylic oxidation sites excluding steroid dienone is 2. The first-order chi connectivity index (χ1) is 10.6. The summed E-state index contributed by atoms with van der Waals surface area (Å²) in [5.41, 5.74) is 2.65. The number of hydrazine groups is 1. The van der Waals surface area contributed by atoms with Gasteiger partial charge in [0.05, 0.1) is 22.4 Å². The maximum absolute atomic E-state index is 12.5. The Labute approximate surface area is 131 Å². The van der Waals surface area contributed by atoms with Gasteiger partial charge in [0.25, 0.3) is 17.7 Å². The molecule has 3 aliphatic rings. The minimum atomic E-state index is -0.549. The Morgan fingerprint density at radius 1 is 1.09 bits per heavy atom. The number of amides is 3. The number of nitrogens with one attached hydrogen (secondary N) is 1. The van der Waals surface area contributed by atoms with E-state index in [1.165, 1.54) is 0 Å². The van der Waals surface area contributed by atoms with E-state index < -0.39 is 5.91 Å². The predicted octanol–water partition coefficient (Wildman–Crippen LogP) is 1.79. The third-order valence-corrected chi connectivity index (χ3v) is 5.13. The van der Waals surface area contributed by atoms with Crippen molar-refractivity contribution >= 4 is 29.3 Å². The van der Waals surface area contributed by atoms with Crippen molar-refractivity contribution in [3.05, 3.63) is 47.0 Å². The van der Waals surface area contributed by atoms with Crippen LogP contribution in [0.15, 0.2) is 36.4 Å². The first-order valence-corrected chi connectivity index (χ1v) is 7.57. The molecule has 5 nitrogen and oxygen atoms in total. The lowest BCUT2D eigenvalue weighted by Crippen LogP contribution is -2.47. The van der Waals surface area contributed by atoms with Crippen molar-refractivity contribution in [2.24, 2.45) is 23.7 Å². The van der Waals surface area contributed by atoms with E-state index >= 15 is 0 Å². The molecule has 1 aromatic carbocycles. The number of benzene rings is 1. The highest BCUT2D eigenvalue weighted by atomic mass is 35.5.